The first kappa shape index (κ1) is 21.5. The zero-order valence-electron chi connectivity index (χ0n) is 18.1. The zero-order chi connectivity index (χ0) is 22.0. The second kappa shape index (κ2) is 9.25. The van der Waals surface area contributed by atoms with E-state index in [9.17, 15) is 9.18 Å². The van der Waals surface area contributed by atoms with E-state index >= 15 is 0 Å². The van der Waals surface area contributed by atoms with E-state index < -0.39 is 5.79 Å². The van der Waals surface area contributed by atoms with E-state index in [1.54, 1.807) is 12.1 Å². The highest BCUT2D eigenvalue weighted by Gasteiger charge is 2.40. The molecule has 172 valence electrons. The SMILES string of the molecule is O=C(CN1CCCC(c2nc(-c3ccc(F)cc3)no2)C1)NC1CCC2(CC1)OCCO2. The summed E-state index contributed by atoms with van der Waals surface area (Å²) in [6.07, 6.45) is 5.32. The van der Waals surface area contributed by atoms with E-state index in [2.05, 4.69) is 20.4 Å². The third kappa shape index (κ3) is 4.84. The van der Waals surface area contributed by atoms with Crippen molar-refractivity contribution in [3.63, 3.8) is 0 Å². The molecule has 0 bridgehead atoms. The number of nitrogens with one attached hydrogen (secondary N) is 1. The molecule has 1 saturated carbocycles. The number of carbonyl (C=O) groups is 1. The number of nitrogens with zero attached hydrogens (tertiary/aromatic N) is 3. The van der Waals surface area contributed by atoms with Crippen LogP contribution in [0.4, 0.5) is 4.39 Å². The second-order valence-electron chi connectivity index (χ2n) is 8.99. The Morgan fingerprint density at radius 2 is 1.91 bits per heavy atom. The quantitative estimate of drug-likeness (QED) is 0.758. The Morgan fingerprint density at radius 1 is 1.16 bits per heavy atom. The summed E-state index contributed by atoms with van der Waals surface area (Å²) in [6, 6.07) is 6.22. The molecule has 5 rings (SSSR count). The van der Waals surface area contributed by atoms with Gasteiger partial charge in [0.15, 0.2) is 5.79 Å². The molecule has 1 unspecified atom stereocenters. The number of aromatic nitrogens is 2. The minimum atomic E-state index is -0.405. The van der Waals surface area contributed by atoms with E-state index in [4.69, 9.17) is 14.0 Å². The summed E-state index contributed by atoms with van der Waals surface area (Å²) >= 11 is 0. The predicted molar refractivity (Wildman–Crippen MR) is 113 cm³/mol. The zero-order valence-corrected chi connectivity index (χ0v) is 18.1. The van der Waals surface area contributed by atoms with Gasteiger partial charge in [-0.15, -0.1) is 0 Å². The number of benzene rings is 1. The molecule has 3 fully saturated rings. The number of hydrogen-bond acceptors (Lipinski definition) is 7. The molecule has 0 radical (unpaired) electrons. The van der Waals surface area contributed by atoms with Crippen LogP contribution in [0.25, 0.3) is 11.4 Å². The Kier molecular flexibility index (Phi) is 6.21. The molecule has 1 spiro atoms. The molecular weight excluding hydrogens is 415 g/mol. The van der Waals surface area contributed by atoms with Crippen molar-refractivity contribution in [2.75, 3.05) is 32.8 Å². The number of likely N-dealkylation sites (tertiary alicyclic amines) is 1. The van der Waals surface area contributed by atoms with Gasteiger partial charge in [-0.3, -0.25) is 9.69 Å². The van der Waals surface area contributed by atoms with Gasteiger partial charge in [-0.05, 0) is 56.5 Å². The van der Waals surface area contributed by atoms with Gasteiger partial charge in [0, 0.05) is 31.0 Å². The summed E-state index contributed by atoms with van der Waals surface area (Å²) in [5.74, 6) is 0.468. The van der Waals surface area contributed by atoms with Crippen LogP contribution in [0, 0.1) is 5.82 Å². The van der Waals surface area contributed by atoms with Gasteiger partial charge in [0.2, 0.25) is 17.6 Å². The third-order valence-corrected chi connectivity index (χ3v) is 6.69. The maximum Gasteiger partial charge on any atom is 0.234 e. The molecular formula is C23H29FN4O4. The van der Waals surface area contributed by atoms with Gasteiger partial charge < -0.3 is 19.3 Å². The number of hydrogen-bond donors (Lipinski definition) is 1. The average molecular weight is 445 g/mol. The summed E-state index contributed by atoms with van der Waals surface area (Å²) in [5.41, 5.74) is 0.719. The number of rotatable bonds is 5. The fraction of sp³-hybridized carbons (Fsp3) is 0.609. The fourth-order valence-electron chi connectivity index (χ4n) is 4.98. The van der Waals surface area contributed by atoms with Gasteiger partial charge in [0.25, 0.3) is 0 Å². The highest BCUT2D eigenvalue weighted by molar-refractivity contribution is 5.78. The lowest BCUT2D eigenvalue weighted by atomic mass is 9.90. The lowest BCUT2D eigenvalue weighted by Gasteiger charge is -2.36. The molecule has 1 aliphatic carbocycles. The summed E-state index contributed by atoms with van der Waals surface area (Å²) < 4.78 is 30.2. The van der Waals surface area contributed by atoms with Crippen molar-refractivity contribution in [2.24, 2.45) is 0 Å². The van der Waals surface area contributed by atoms with Gasteiger partial charge in [-0.2, -0.15) is 4.98 Å². The van der Waals surface area contributed by atoms with Crippen LogP contribution in [-0.2, 0) is 14.3 Å². The minimum absolute atomic E-state index is 0.0531. The molecule has 3 heterocycles. The molecule has 2 aromatic rings. The number of piperidine rings is 1. The summed E-state index contributed by atoms with van der Waals surface area (Å²) in [5, 5.41) is 7.24. The summed E-state index contributed by atoms with van der Waals surface area (Å²) in [7, 11) is 0. The lowest BCUT2D eigenvalue weighted by Crippen LogP contribution is -2.48. The van der Waals surface area contributed by atoms with Crippen LogP contribution in [0.1, 0.15) is 50.3 Å². The normalized spacial score (nSPS) is 24.1. The first-order valence-electron chi connectivity index (χ1n) is 11.5. The predicted octanol–water partition coefficient (Wildman–Crippen LogP) is 2.86. The van der Waals surface area contributed by atoms with Crippen molar-refractivity contribution in [1.29, 1.82) is 0 Å². The summed E-state index contributed by atoms with van der Waals surface area (Å²) in [4.78, 5) is 19.3. The third-order valence-electron chi connectivity index (χ3n) is 6.69. The van der Waals surface area contributed by atoms with Crippen molar-refractivity contribution in [3.8, 4) is 11.4 Å². The Hall–Kier alpha value is -2.36. The van der Waals surface area contributed by atoms with Crippen molar-refractivity contribution < 1.29 is 23.2 Å². The van der Waals surface area contributed by atoms with Crippen molar-refractivity contribution in [1.82, 2.24) is 20.4 Å². The Bertz CT molecular complexity index is 918. The first-order chi connectivity index (χ1) is 15.6. The van der Waals surface area contributed by atoms with Crippen LogP contribution in [0.2, 0.25) is 0 Å². The highest BCUT2D eigenvalue weighted by atomic mass is 19.1. The van der Waals surface area contributed by atoms with Gasteiger partial charge in [0.1, 0.15) is 5.82 Å². The van der Waals surface area contributed by atoms with Crippen LogP contribution in [0.3, 0.4) is 0 Å². The number of carbonyl (C=O) groups excluding carboxylic acids is 1. The molecule has 8 nitrogen and oxygen atoms in total. The van der Waals surface area contributed by atoms with E-state index in [-0.39, 0.29) is 23.7 Å². The maximum absolute atomic E-state index is 13.1. The van der Waals surface area contributed by atoms with Crippen LogP contribution in [0.15, 0.2) is 28.8 Å². The minimum Gasteiger partial charge on any atom is -0.352 e. The molecule has 1 N–H and O–H groups in total. The van der Waals surface area contributed by atoms with Crippen molar-refractivity contribution in [3.05, 3.63) is 36.0 Å². The monoisotopic (exact) mass is 444 g/mol. The topological polar surface area (TPSA) is 89.7 Å². The number of halogens is 1. The van der Waals surface area contributed by atoms with Gasteiger partial charge in [-0.25, -0.2) is 4.39 Å². The molecule has 1 atom stereocenters. The van der Waals surface area contributed by atoms with Gasteiger partial charge >= 0.3 is 0 Å². The van der Waals surface area contributed by atoms with Crippen molar-refractivity contribution >= 4 is 5.91 Å². The summed E-state index contributed by atoms with van der Waals surface area (Å²) in [6.45, 7) is 3.27. The molecule has 1 aromatic carbocycles. The molecule has 2 saturated heterocycles. The smallest absolute Gasteiger partial charge is 0.234 e. The Balaban J connectivity index is 1.12. The first-order valence-corrected chi connectivity index (χ1v) is 11.5. The molecule has 32 heavy (non-hydrogen) atoms. The van der Waals surface area contributed by atoms with Crippen LogP contribution in [-0.4, -0.2) is 65.6 Å². The van der Waals surface area contributed by atoms with Gasteiger partial charge in [0.05, 0.1) is 25.7 Å². The van der Waals surface area contributed by atoms with E-state index in [1.807, 2.05) is 0 Å². The number of ether oxygens (including phenoxy) is 2. The molecule has 2 aliphatic heterocycles. The average Bonchev–Trinajstić information content (AvgIpc) is 3.47. The van der Waals surface area contributed by atoms with E-state index in [1.165, 1.54) is 12.1 Å². The molecule has 1 aromatic heterocycles. The standard InChI is InChI=1S/C23H29FN4O4/c24-18-5-3-16(4-6-18)21-26-22(32-27-21)17-2-1-11-28(14-17)15-20(29)25-19-7-9-23(10-8-19)30-12-13-31-23/h3-6,17,19H,1-2,7-15H2,(H,25,29). The fourth-order valence-corrected chi connectivity index (χ4v) is 4.98. The lowest BCUT2D eigenvalue weighted by molar-refractivity contribution is -0.180. The van der Waals surface area contributed by atoms with Crippen LogP contribution < -0.4 is 5.32 Å². The molecule has 3 aliphatic rings. The maximum atomic E-state index is 13.1. The second-order valence-corrected chi connectivity index (χ2v) is 8.99. The molecule has 1 amide bonds. The number of amides is 1. The van der Waals surface area contributed by atoms with Gasteiger partial charge in [-0.1, -0.05) is 5.16 Å². The van der Waals surface area contributed by atoms with Crippen LogP contribution in [0.5, 0.6) is 0 Å². The van der Waals surface area contributed by atoms with E-state index in [0.717, 1.165) is 50.6 Å². The van der Waals surface area contributed by atoms with Crippen molar-refractivity contribution in [2.45, 2.75) is 56.3 Å². The Morgan fingerprint density at radius 3 is 2.66 bits per heavy atom. The largest absolute Gasteiger partial charge is 0.352 e. The Labute approximate surface area is 186 Å². The molecule has 9 heteroatoms. The highest BCUT2D eigenvalue weighted by Crippen LogP contribution is 2.35. The van der Waals surface area contributed by atoms with Crippen LogP contribution >= 0.6 is 0 Å². The van der Waals surface area contributed by atoms with E-state index in [0.29, 0.717) is 38.0 Å².